The van der Waals surface area contributed by atoms with Crippen molar-refractivity contribution in [2.24, 2.45) is 0 Å². The number of ether oxygens (including phenoxy) is 2. The number of allylic oxidation sites excluding steroid dienone is 1. The van der Waals surface area contributed by atoms with E-state index in [1.165, 1.54) is 6.08 Å². The number of hydrogen-bond acceptors (Lipinski definition) is 4. The van der Waals surface area contributed by atoms with Gasteiger partial charge in [0.2, 0.25) is 5.78 Å². The molecule has 0 radical (unpaired) electrons. The van der Waals surface area contributed by atoms with Gasteiger partial charge in [0.25, 0.3) is 0 Å². The van der Waals surface area contributed by atoms with Crippen LogP contribution < -0.4 is 9.47 Å². The van der Waals surface area contributed by atoms with E-state index in [0.717, 1.165) is 16.7 Å². The van der Waals surface area contributed by atoms with Gasteiger partial charge in [0, 0.05) is 5.39 Å². The van der Waals surface area contributed by atoms with Crippen LogP contribution in [0.15, 0.2) is 59.0 Å². The summed E-state index contributed by atoms with van der Waals surface area (Å²) in [6, 6.07) is 14.7. The normalized spacial score (nSPS) is 11.0. The smallest absolute Gasteiger partial charge is 0.221 e. The van der Waals surface area contributed by atoms with Gasteiger partial charge in [-0.1, -0.05) is 30.3 Å². The standard InChI is InChI=1S/C19H16O4/c1-21-15-9-6-13(7-10-15)8-11-16(20)18-12-14-4-3-5-17(22-2)19(14)23-18/h3-12H,1-2H3. The summed E-state index contributed by atoms with van der Waals surface area (Å²) in [7, 11) is 3.19. The summed E-state index contributed by atoms with van der Waals surface area (Å²) in [6.07, 6.45) is 3.23. The summed E-state index contributed by atoms with van der Waals surface area (Å²) >= 11 is 0. The number of fused-ring (bicyclic) bond motifs is 1. The molecule has 1 heterocycles. The summed E-state index contributed by atoms with van der Waals surface area (Å²) in [6.45, 7) is 0. The number of furan rings is 1. The minimum absolute atomic E-state index is 0.195. The van der Waals surface area contributed by atoms with Gasteiger partial charge < -0.3 is 13.9 Å². The van der Waals surface area contributed by atoms with Gasteiger partial charge in [0.1, 0.15) is 5.75 Å². The third kappa shape index (κ3) is 3.11. The SMILES string of the molecule is COc1ccc(C=CC(=O)c2cc3cccc(OC)c3o2)cc1. The molecular weight excluding hydrogens is 292 g/mol. The molecule has 0 amide bonds. The average molecular weight is 308 g/mol. The minimum atomic E-state index is -0.195. The Bertz CT molecular complexity index is 857. The number of methoxy groups -OCH3 is 2. The van der Waals surface area contributed by atoms with Gasteiger partial charge in [-0.25, -0.2) is 0 Å². The fourth-order valence-corrected chi connectivity index (χ4v) is 2.29. The van der Waals surface area contributed by atoms with Crippen LogP contribution in [0.5, 0.6) is 11.5 Å². The fourth-order valence-electron chi connectivity index (χ4n) is 2.29. The van der Waals surface area contributed by atoms with Crippen LogP contribution in [0, 0.1) is 0 Å². The molecule has 0 bridgehead atoms. The highest BCUT2D eigenvalue weighted by molar-refractivity contribution is 6.07. The molecular formula is C19H16O4. The van der Waals surface area contributed by atoms with Crippen LogP contribution in [0.1, 0.15) is 16.1 Å². The van der Waals surface area contributed by atoms with Crippen molar-refractivity contribution in [2.45, 2.75) is 0 Å². The Morgan fingerprint density at radius 2 is 1.83 bits per heavy atom. The quantitative estimate of drug-likeness (QED) is 0.519. The van der Waals surface area contributed by atoms with Crippen LogP contribution in [-0.2, 0) is 0 Å². The molecule has 0 aliphatic heterocycles. The number of ketones is 1. The molecule has 2 aromatic carbocycles. The van der Waals surface area contributed by atoms with Crippen LogP contribution in [0.2, 0.25) is 0 Å². The highest BCUT2D eigenvalue weighted by atomic mass is 16.5. The monoisotopic (exact) mass is 308 g/mol. The van der Waals surface area contributed by atoms with E-state index in [0.29, 0.717) is 11.3 Å². The maximum absolute atomic E-state index is 12.3. The topological polar surface area (TPSA) is 48.7 Å². The zero-order valence-corrected chi connectivity index (χ0v) is 12.9. The Kier molecular flexibility index (Phi) is 4.15. The number of benzene rings is 2. The number of carbonyl (C=O) groups is 1. The lowest BCUT2D eigenvalue weighted by molar-refractivity contribution is 0.102. The molecule has 0 atom stereocenters. The second kappa shape index (κ2) is 6.40. The highest BCUT2D eigenvalue weighted by Gasteiger charge is 2.12. The van der Waals surface area contributed by atoms with Crippen LogP contribution in [0.25, 0.3) is 17.0 Å². The zero-order chi connectivity index (χ0) is 16.2. The molecule has 3 aromatic rings. The van der Waals surface area contributed by atoms with E-state index in [4.69, 9.17) is 13.9 Å². The maximum atomic E-state index is 12.3. The van der Waals surface area contributed by atoms with Crippen molar-refractivity contribution in [1.29, 1.82) is 0 Å². The van der Waals surface area contributed by atoms with Crippen molar-refractivity contribution in [2.75, 3.05) is 14.2 Å². The van der Waals surface area contributed by atoms with Crippen molar-refractivity contribution < 1.29 is 18.7 Å². The van der Waals surface area contributed by atoms with E-state index < -0.39 is 0 Å². The first-order chi connectivity index (χ1) is 11.2. The summed E-state index contributed by atoms with van der Waals surface area (Å²) in [4.78, 5) is 12.3. The molecule has 0 saturated heterocycles. The molecule has 0 spiro atoms. The third-order valence-corrected chi connectivity index (χ3v) is 3.51. The molecule has 0 aliphatic rings. The van der Waals surface area contributed by atoms with Crippen molar-refractivity contribution in [1.82, 2.24) is 0 Å². The summed E-state index contributed by atoms with van der Waals surface area (Å²) in [5.74, 6) is 1.48. The van der Waals surface area contributed by atoms with E-state index in [2.05, 4.69) is 0 Å². The van der Waals surface area contributed by atoms with Crippen LogP contribution >= 0.6 is 0 Å². The third-order valence-electron chi connectivity index (χ3n) is 3.51. The molecule has 4 heteroatoms. The molecule has 0 N–H and O–H groups in total. The number of carbonyl (C=O) groups excluding carboxylic acids is 1. The zero-order valence-electron chi connectivity index (χ0n) is 12.9. The number of rotatable bonds is 5. The summed E-state index contributed by atoms with van der Waals surface area (Å²) in [5, 5.41) is 0.838. The molecule has 116 valence electrons. The first-order valence-corrected chi connectivity index (χ1v) is 7.14. The van der Waals surface area contributed by atoms with E-state index >= 15 is 0 Å². The molecule has 0 fully saturated rings. The Balaban J connectivity index is 1.83. The van der Waals surface area contributed by atoms with Gasteiger partial charge in [-0.15, -0.1) is 0 Å². The average Bonchev–Trinajstić information content (AvgIpc) is 3.04. The van der Waals surface area contributed by atoms with Crippen LogP contribution in [0.3, 0.4) is 0 Å². The van der Waals surface area contributed by atoms with Gasteiger partial charge in [-0.3, -0.25) is 4.79 Å². The molecule has 4 nitrogen and oxygen atoms in total. The van der Waals surface area contributed by atoms with Crippen molar-refractivity contribution in [3.05, 3.63) is 65.9 Å². The lowest BCUT2D eigenvalue weighted by atomic mass is 10.1. The maximum Gasteiger partial charge on any atom is 0.221 e. The van der Waals surface area contributed by atoms with Crippen molar-refractivity contribution >= 4 is 22.8 Å². The predicted octanol–water partition coefficient (Wildman–Crippen LogP) is 4.35. The molecule has 0 saturated carbocycles. The molecule has 1 aromatic heterocycles. The van der Waals surface area contributed by atoms with Gasteiger partial charge in [-0.2, -0.15) is 0 Å². The fraction of sp³-hybridized carbons (Fsp3) is 0.105. The predicted molar refractivity (Wildman–Crippen MR) is 89.1 cm³/mol. The molecule has 0 aliphatic carbocycles. The summed E-state index contributed by atoms with van der Waals surface area (Å²) < 4.78 is 16.0. The largest absolute Gasteiger partial charge is 0.497 e. The van der Waals surface area contributed by atoms with Crippen LogP contribution in [0.4, 0.5) is 0 Å². The lowest BCUT2D eigenvalue weighted by Gasteiger charge is -1.99. The van der Waals surface area contributed by atoms with Gasteiger partial charge in [0.05, 0.1) is 14.2 Å². The molecule has 23 heavy (non-hydrogen) atoms. The molecule has 3 rings (SSSR count). The van der Waals surface area contributed by atoms with Gasteiger partial charge in [0.15, 0.2) is 17.1 Å². The van der Waals surface area contributed by atoms with Crippen molar-refractivity contribution in [3.63, 3.8) is 0 Å². The second-order valence-electron chi connectivity index (χ2n) is 4.96. The van der Waals surface area contributed by atoms with Gasteiger partial charge >= 0.3 is 0 Å². The Labute approximate surface area is 133 Å². The number of para-hydroxylation sites is 1. The highest BCUT2D eigenvalue weighted by Crippen LogP contribution is 2.28. The lowest BCUT2D eigenvalue weighted by Crippen LogP contribution is -1.90. The Morgan fingerprint density at radius 1 is 1.04 bits per heavy atom. The van der Waals surface area contributed by atoms with Crippen LogP contribution in [-0.4, -0.2) is 20.0 Å². The minimum Gasteiger partial charge on any atom is -0.497 e. The number of hydrogen-bond donors (Lipinski definition) is 0. The van der Waals surface area contributed by atoms with E-state index in [1.54, 1.807) is 32.4 Å². The van der Waals surface area contributed by atoms with Crippen molar-refractivity contribution in [3.8, 4) is 11.5 Å². The molecule has 0 unspecified atom stereocenters. The Morgan fingerprint density at radius 3 is 2.52 bits per heavy atom. The van der Waals surface area contributed by atoms with E-state index in [-0.39, 0.29) is 11.5 Å². The van der Waals surface area contributed by atoms with Gasteiger partial charge in [-0.05, 0) is 35.9 Å². The second-order valence-corrected chi connectivity index (χ2v) is 4.96. The van der Waals surface area contributed by atoms with E-state index in [1.807, 2.05) is 36.4 Å². The first kappa shape index (κ1) is 14.9. The Hall–Kier alpha value is -3.01. The van der Waals surface area contributed by atoms with E-state index in [9.17, 15) is 4.79 Å². The summed E-state index contributed by atoms with van der Waals surface area (Å²) in [5.41, 5.74) is 1.49. The first-order valence-electron chi connectivity index (χ1n) is 7.14.